The van der Waals surface area contributed by atoms with E-state index in [1.54, 1.807) is 0 Å². The Hall–Kier alpha value is -0.780. The minimum atomic E-state index is 0.218. The first kappa shape index (κ1) is 10.7. The minimum absolute atomic E-state index is 0.218. The van der Waals surface area contributed by atoms with Gasteiger partial charge in [0.25, 0.3) is 0 Å². The highest BCUT2D eigenvalue weighted by atomic mass is 14.6. The highest BCUT2D eigenvalue weighted by Gasteiger charge is 2.57. The van der Waals surface area contributed by atoms with Crippen molar-refractivity contribution in [1.82, 2.24) is 0 Å². The van der Waals surface area contributed by atoms with E-state index in [1.807, 2.05) is 0 Å². The molecule has 2 unspecified atom stereocenters. The van der Waals surface area contributed by atoms with E-state index in [-0.39, 0.29) is 16.2 Å². The van der Waals surface area contributed by atoms with Crippen molar-refractivity contribution in [3.05, 3.63) is 36.0 Å². The maximum Gasteiger partial charge on any atom is 0.00523 e. The summed E-state index contributed by atoms with van der Waals surface area (Å²) in [6.07, 6.45) is 8.27. The highest BCUT2D eigenvalue weighted by Crippen LogP contribution is 2.65. The second-order valence-corrected chi connectivity index (χ2v) is 6.17. The SMILES string of the molecule is C=C1C(C)=CC2(C)C(C)(C)C=CCC12C. The molecule has 0 aromatic heterocycles. The number of hydrogen-bond acceptors (Lipinski definition) is 0. The van der Waals surface area contributed by atoms with Crippen LogP contribution in [0.2, 0.25) is 0 Å². The molecule has 0 bridgehead atoms. The second-order valence-electron chi connectivity index (χ2n) is 6.17. The van der Waals surface area contributed by atoms with Gasteiger partial charge in [-0.05, 0) is 24.3 Å². The molecule has 2 atom stereocenters. The standard InChI is InChI=1S/C15H22/c1-11-10-15(6)13(3,4)8-7-9-14(15,5)12(11)2/h7-8,10H,2,9H2,1,3-6H3. The summed E-state index contributed by atoms with van der Waals surface area (Å²) in [7, 11) is 0. The maximum atomic E-state index is 4.30. The summed E-state index contributed by atoms with van der Waals surface area (Å²) in [6, 6.07) is 0. The predicted octanol–water partition coefficient (Wildman–Crippen LogP) is 4.50. The quantitative estimate of drug-likeness (QED) is 0.507. The Morgan fingerprint density at radius 3 is 2.33 bits per heavy atom. The van der Waals surface area contributed by atoms with E-state index in [1.165, 1.54) is 11.1 Å². The monoisotopic (exact) mass is 202 g/mol. The van der Waals surface area contributed by atoms with Gasteiger partial charge in [-0.25, -0.2) is 0 Å². The third-order valence-electron chi connectivity index (χ3n) is 5.19. The fourth-order valence-corrected chi connectivity index (χ4v) is 3.42. The van der Waals surface area contributed by atoms with Gasteiger partial charge in [0, 0.05) is 10.8 Å². The van der Waals surface area contributed by atoms with E-state index >= 15 is 0 Å². The number of fused-ring (bicyclic) bond motifs is 1. The van der Waals surface area contributed by atoms with E-state index in [0.717, 1.165) is 6.42 Å². The molecule has 2 rings (SSSR count). The van der Waals surface area contributed by atoms with Gasteiger partial charge in [-0.15, -0.1) is 0 Å². The Kier molecular flexibility index (Phi) is 1.91. The van der Waals surface area contributed by atoms with E-state index in [0.29, 0.717) is 0 Å². The summed E-state index contributed by atoms with van der Waals surface area (Å²) in [5, 5.41) is 0. The highest BCUT2D eigenvalue weighted by molar-refractivity contribution is 5.47. The molecule has 0 saturated carbocycles. The lowest BCUT2D eigenvalue weighted by Gasteiger charge is -2.53. The molecule has 0 fully saturated rings. The maximum absolute atomic E-state index is 4.30. The molecule has 0 spiro atoms. The molecule has 0 heterocycles. The molecule has 82 valence electrons. The van der Waals surface area contributed by atoms with Crippen molar-refractivity contribution in [2.45, 2.75) is 41.0 Å². The summed E-state index contributed by atoms with van der Waals surface area (Å²) < 4.78 is 0. The van der Waals surface area contributed by atoms with Crippen LogP contribution in [0.5, 0.6) is 0 Å². The van der Waals surface area contributed by atoms with E-state index in [2.05, 4.69) is 59.4 Å². The lowest BCUT2D eigenvalue weighted by molar-refractivity contribution is 0.0604. The summed E-state index contributed by atoms with van der Waals surface area (Å²) in [5.74, 6) is 0. The van der Waals surface area contributed by atoms with Gasteiger partial charge < -0.3 is 0 Å². The van der Waals surface area contributed by atoms with Crippen molar-refractivity contribution >= 4 is 0 Å². The van der Waals surface area contributed by atoms with Crippen LogP contribution in [0.25, 0.3) is 0 Å². The molecule has 2 aliphatic carbocycles. The smallest absolute Gasteiger partial charge is 0.00523 e. The number of rotatable bonds is 0. The summed E-state index contributed by atoms with van der Waals surface area (Å²) in [5.41, 5.74) is 3.38. The molecule has 0 heteroatoms. The largest absolute Gasteiger partial charge is 0.0950 e. The van der Waals surface area contributed by atoms with Crippen LogP contribution in [-0.2, 0) is 0 Å². The lowest BCUT2D eigenvalue weighted by Crippen LogP contribution is -2.46. The predicted molar refractivity (Wildman–Crippen MR) is 66.6 cm³/mol. The van der Waals surface area contributed by atoms with Gasteiger partial charge in [-0.1, -0.05) is 58.1 Å². The van der Waals surface area contributed by atoms with Crippen molar-refractivity contribution in [1.29, 1.82) is 0 Å². The van der Waals surface area contributed by atoms with Crippen molar-refractivity contribution in [2.75, 3.05) is 0 Å². The Labute approximate surface area is 93.8 Å². The fourth-order valence-electron chi connectivity index (χ4n) is 3.42. The Morgan fingerprint density at radius 2 is 1.80 bits per heavy atom. The van der Waals surface area contributed by atoms with Crippen LogP contribution in [0.1, 0.15) is 41.0 Å². The van der Waals surface area contributed by atoms with Crippen LogP contribution in [0.15, 0.2) is 36.0 Å². The van der Waals surface area contributed by atoms with Crippen LogP contribution in [-0.4, -0.2) is 0 Å². The lowest BCUT2D eigenvalue weighted by atomic mass is 9.50. The molecule has 0 radical (unpaired) electrons. The zero-order chi connectivity index (χ0) is 11.5. The Morgan fingerprint density at radius 1 is 1.20 bits per heavy atom. The van der Waals surface area contributed by atoms with Crippen LogP contribution in [0.4, 0.5) is 0 Å². The zero-order valence-electron chi connectivity index (χ0n) is 10.6. The minimum Gasteiger partial charge on any atom is -0.0950 e. The number of allylic oxidation sites excluding steroid dienone is 5. The molecule has 0 amide bonds. The van der Waals surface area contributed by atoms with E-state index in [4.69, 9.17) is 0 Å². The zero-order valence-corrected chi connectivity index (χ0v) is 10.6. The fraction of sp³-hybridized carbons (Fsp3) is 0.600. The molecular weight excluding hydrogens is 180 g/mol. The van der Waals surface area contributed by atoms with E-state index < -0.39 is 0 Å². The molecule has 0 N–H and O–H groups in total. The average molecular weight is 202 g/mol. The molecule has 0 aliphatic heterocycles. The summed E-state index contributed by atoms with van der Waals surface area (Å²) in [4.78, 5) is 0. The van der Waals surface area contributed by atoms with Gasteiger partial charge in [0.2, 0.25) is 0 Å². The van der Waals surface area contributed by atoms with Crippen molar-refractivity contribution in [3.8, 4) is 0 Å². The molecular formula is C15H22. The molecule has 0 aromatic rings. The van der Waals surface area contributed by atoms with Crippen molar-refractivity contribution in [3.63, 3.8) is 0 Å². The first-order valence-corrected chi connectivity index (χ1v) is 5.81. The first-order valence-electron chi connectivity index (χ1n) is 5.81. The summed E-state index contributed by atoms with van der Waals surface area (Å²) >= 11 is 0. The topological polar surface area (TPSA) is 0 Å². The molecule has 2 aliphatic rings. The van der Waals surface area contributed by atoms with Gasteiger partial charge in [0.1, 0.15) is 0 Å². The number of hydrogen-bond donors (Lipinski definition) is 0. The third kappa shape index (κ3) is 1.03. The van der Waals surface area contributed by atoms with Crippen molar-refractivity contribution < 1.29 is 0 Å². The molecule has 15 heavy (non-hydrogen) atoms. The van der Waals surface area contributed by atoms with Crippen LogP contribution in [0, 0.1) is 16.2 Å². The third-order valence-corrected chi connectivity index (χ3v) is 5.19. The Bertz CT molecular complexity index is 381. The van der Waals surface area contributed by atoms with Crippen molar-refractivity contribution in [2.24, 2.45) is 16.2 Å². The van der Waals surface area contributed by atoms with Gasteiger partial charge in [0.05, 0.1) is 0 Å². The van der Waals surface area contributed by atoms with Gasteiger partial charge in [-0.3, -0.25) is 0 Å². The summed E-state index contributed by atoms with van der Waals surface area (Å²) in [6.45, 7) is 15.9. The molecule has 0 nitrogen and oxygen atoms in total. The van der Waals surface area contributed by atoms with Crippen LogP contribution < -0.4 is 0 Å². The van der Waals surface area contributed by atoms with Crippen LogP contribution >= 0.6 is 0 Å². The van der Waals surface area contributed by atoms with Gasteiger partial charge >= 0.3 is 0 Å². The first-order chi connectivity index (χ1) is 6.75. The normalized spacial score (nSPS) is 42.7. The molecule has 0 aromatic carbocycles. The van der Waals surface area contributed by atoms with Gasteiger partial charge in [0.15, 0.2) is 0 Å². The van der Waals surface area contributed by atoms with Gasteiger partial charge in [-0.2, -0.15) is 0 Å². The second kappa shape index (κ2) is 2.66. The average Bonchev–Trinajstić information content (AvgIpc) is 2.28. The van der Waals surface area contributed by atoms with E-state index in [9.17, 15) is 0 Å². The molecule has 0 saturated heterocycles. The Balaban J connectivity index is 2.65. The van der Waals surface area contributed by atoms with Crippen LogP contribution in [0.3, 0.4) is 0 Å².